The van der Waals surface area contributed by atoms with Crippen LogP contribution in [0, 0.1) is 10.1 Å². The van der Waals surface area contributed by atoms with Gasteiger partial charge in [0, 0.05) is 29.3 Å². The van der Waals surface area contributed by atoms with Gasteiger partial charge in [-0.25, -0.2) is 0 Å². The largest absolute Gasteiger partial charge is 0.342 e. The Labute approximate surface area is 93.6 Å². The molecule has 0 unspecified atom stereocenters. The number of hydrogen-bond acceptors (Lipinski definition) is 2. The monoisotopic (exact) mass is 218 g/mol. The van der Waals surface area contributed by atoms with E-state index in [-0.39, 0.29) is 16.1 Å². The van der Waals surface area contributed by atoms with Crippen LogP contribution in [0.25, 0.3) is 10.9 Å². The molecule has 2 aromatic rings. The third-order valence-corrected chi connectivity index (χ3v) is 2.61. The first-order valence-electron chi connectivity index (χ1n) is 5.15. The van der Waals surface area contributed by atoms with Crippen LogP contribution in [-0.2, 0) is 5.54 Å². The molecule has 84 valence electrons. The lowest BCUT2D eigenvalue weighted by atomic mass is 10.1. The van der Waals surface area contributed by atoms with Crippen molar-refractivity contribution in [1.29, 1.82) is 0 Å². The predicted octanol–water partition coefficient (Wildman–Crippen LogP) is 3.30. The van der Waals surface area contributed by atoms with Crippen molar-refractivity contribution in [2.45, 2.75) is 26.3 Å². The summed E-state index contributed by atoms with van der Waals surface area (Å²) < 4.78 is 2.05. The van der Waals surface area contributed by atoms with Gasteiger partial charge >= 0.3 is 0 Å². The zero-order valence-corrected chi connectivity index (χ0v) is 9.60. The molecular formula is C12H14N2O2. The Morgan fingerprint density at radius 3 is 2.50 bits per heavy atom. The standard InChI is InChI=1S/C12H14N2O2/c1-12(2,3)13-7-6-9-4-5-10(14(15)16)8-11(9)13/h4-8H,1-3H3. The van der Waals surface area contributed by atoms with Crippen molar-refractivity contribution in [3.63, 3.8) is 0 Å². The molecule has 4 nitrogen and oxygen atoms in total. The predicted molar refractivity (Wildman–Crippen MR) is 63.6 cm³/mol. The summed E-state index contributed by atoms with van der Waals surface area (Å²) in [5.41, 5.74) is 0.968. The summed E-state index contributed by atoms with van der Waals surface area (Å²) in [6.07, 6.45) is 1.97. The number of rotatable bonds is 1. The Bertz CT molecular complexity index is 550. The summed E-state index contributed by atoms with van der Waals surface area (Å²) >= 11 is 0. The topological polar surface area (TPSA) is 48.1 Å². The molecular weight excluding hydrogens is 204 g/mol. The molecule has 0 atom stereocenters. The molecule has 0 aliphatic rings. The molecule has 0 radical (unpaired) electrons. The molecule has 1 heterocycles. The first-order chi connectivity index (χ1) is 7.39. The van der Waals surface area contributed by atoms with Crippen LogP contribution in [0.15, 0.2) is 30.5 Å². The van der Waals surface area contributed by atoms with E-state index in [1.807, 2.05) is 12.3 Å². The average molecular weight is 218 g/mol. The number of nitrogens with zero attached hydrogens (tertiary/aromatic N) is 2. The van der Waals surface area contributed by atoms with E-state index in [9.17, 15) is 10.1 Å². The highest BCUT2D eigenvalue weighted by Gasteiger charge is 2.16. The van der Waals surface area contributed by atoms with Gasteiger partial charge in [-0.1, -0.05) is 0 Å². The Kier molecular flexibility index (Phi) is 2.22. The van der Waals surface area contributed by atoms with Crippen LogP contribution in [0.1, 0.15) is 20.8 Å². The Morgan fingerprint density at radius 1 is 1.25 bits per heavy atom. The quantitative estimate of drug-likeness (QED) is 0.544. The zero-order chi connectivity index (χ0) is 11.9. The van der Waals surface area contributed by atoms with E-state index in [1.165, 1.54) is 6.07 Å². The van der Waals surface area contributed by atoms with Crippen LogP contribution in [-0.4, -0.2) is 9.49 Å². The van der Waals surface area contributed by atoms with Crippen LogP contribution in [0.5, 0.6) is 0 Å². The fraction of sp³-hybridized carbons (Fsp3) is 0.333. The third-order valence-electron chi connectivity index (χ3n) is 2.61. The Hall–Kier alpha value is -1.84. The van der Waals surface area contributed by atoms with E-state index >= 15 is 0 Å². The minimum atomic E-state index is -0.362. The maximum absolute atomic E-state index is 10.7. The maximum atomic E-state index is 10.7. The van der Waals surface area contributed by atoms with E-state index < -0.39 is 0 Å². The smallest absolute Gasteiger partial charge is 0.271 e. The number of non-ortho nitro benzene ring substituents is 1. The van der Waals surface area contributed by atoms with Crippen LogP contribution in [0.4, 0.5) is 5.69 Å². The van der Waals surface area contributed by atoms with Gasteiger partial charge < -0.3 is 4.57 Å². The molecule has 0 amide bonds. The van der Waals surface area contributed by atoms with E-state index in [0.717, 1.165) is 10.9 Å². The van der Waals surface area contributed by atoms with Gasteiger partial charge in [0.2, 0.25) is 0 Å². The van der Waals surface area contributed by atoms with E-state index in [2.05, 4.69) is 25.3 Å². The van der Waals surface area contributed by atoms with Crippen LogP contribution in [0.3, 0.4) is 0 Å². The molecule has 4 heteroatoms. The van der Waals surface area contributed by atoms with Gasteiger partial charge in [0.1, 0.15) is 0 Å². The molecule has 0 fully saturated rings. The second-order valence-electron chi connectivity index (χ2n) is 4.86. The van der Waals surface area contributed by atoms with Gasteiger partial charge in [0.15, 0.2) is 0 Å². The minimum Gasteiger partial charge on any atom is -0.342 e. The van der Waals surface area contributed by atoms with Crippen molar-refractivity contribution < 1.29 is 4.92 Å². The lowest BCUT2D eigenvalue weighted by Gasteiger charge is -2.22. The summed E-state index contributed by atoms with van der Waals surface area (Å²) in [5, 5.41) is 11.8. The number of hydrogen-bond donors (Lipinski definition) is 0. The summed E-state index contributed by atoms with van der Waals surface area (Å²) in [6, 6.07) is 6.93. The summed E-state index contributed by atoms with van der Waals surface area (Å²) in [7, 11) is 0. The highest BCUT2D eigenvalue weighted by atomic mass is 16.6. The zero-order valence-electron chi connectivity index (χ0n) is 9.60. The molecule has 0 aliphatic carbocycles. The lowest BCUT2D eigenvalue weighted by Crippen LogP contribution is -2.20. The number of nitro benzene ring substituents is 1. The Morgan fingerprint density at radius 2 is 1.94 bits per heavy atom. The van der Waals surface area contributed by atoms with Crippen molar-refractivity contribution in [1.82, 2.24) is 4.57 Å². The van der Waals surface area contributed by atoms with E-state index in [4.69, 9.17) is 0 Å². The normalized spacial score (nSPS) is 11.9. The number of fused-ring (bicyclic) bond motifs is 1. The van der Waals surface area contributed by atoms with Gasteiger partial charge in [-0.3, -0.25) is 10.1 Å². The van der Waals surface area contributed by atoms with Crippen molar-refractivity contribution >= 4 is 16.6 Å². The molecule has 2 rings (SSSR count). The maximum Gasteiger partial charge on any atom is 0.271 e. The van der Waals surface area contributed by atoms with Crippen molar-refractivity contribution in [3.8, 4) is 0 Å². The third kappa shape index (κ3) is 1.66. The van der Waals surface area contributed by atoms with Crippen LogP contribution >= 0.6 is 0 Å². The number of nitro groups is 1. The molecule has 0 bridgehead atoms. The minimum absolute atomic E-state index is 0.0724. The molecule has 0 spiro atoms. The lowest BCUT2D eigenvalue weighted by molar-refractivity contribution is -0.384. The second-order valence-corrected chi connectivity index (χ2v) is 4.86. The van der Waals surface area contributed by atoms with Crippen molar-refractivity contribution in [2.75, 3.05) is 0 Å². The Balaban J connectivity index is 2.70. The van der Waals surface area contributed by atoms with Crippen LogP contribution < -0.4 is 0 Å². The van der Waals surface area contributed by atoms with Crippen molar-refractivity contribution in [2.24, 2.45) is 0 Å². The fourth-order valence-electron chi connectivity index (χ4n) is 1.82. The van der Waals surface area contributed by atoms with E-state index in [0.29, 0.717) is 0 Å². The highest BCUT2D eigenvalue weighted by Crippen LogP contribution is 2.26. The SMILES string of the molecule is CC(C)(C)n1ccc2ccc([N+](=O)[O-])cc21. The summed E-state index contributed by atoms with van der Waals surface area (Å²) in [4.78, 5) is 10.4. The molecule has 1 aromatic carbocycles. The number of aromatic nitrogens is 1. The van der Waals surface area contributed by atoms with E-state index in [1.54, 1.807) is 12.1 Å². The van der Waals surface area contributed by atoms with Crippen LogP contribution in [0.2, 0.25) is 0 Å². The van der Waals surface area contributed by atoms with Gasteiger partial charge in [0.05, 0.1) is 10.4 Å². The molecule has 0 saturated carbocycles. The highest BCUT2D eigenvalue weighted by molar-refractivity contribution is 5.82. The average Bonchev–Trinajstić information content (AvgIpc) is 2.58. The first kappa shape index (κ1) is 10.7. The van der Waals surface area contributed by atoms with Gasteiger partial charge in [-0.05, 0) is 32.9 Å². The molecule has 16 heavy (non-hydrogen) atoms. The first-order valence-corrected chi connectivity index (χ1v) is 5.15. The molecule has 0 N–H and O–H groups in total. The summed E-state index contributed by atoms with van der Waals surface area (Å²) in [6.45, 7) is 6.22. The van der Waals surface area contributed by atoms with Gasteiger partial charge in [0.25, 0.3) is 5.69 Å². The summed E-state index contributed by atoms with van der Waals surface area (Å²) in [5.74, 6) is 0. The second kappa shape index (κ2) is 3.33. The number of benzene rings is 1. The molecule has 0 saturated heterocycles. The molecule has 0 aliphatic heterocycles. The fourth-order valence-corrected chi connectivity index (χ4v) is 1.82. The molecule has 1 aromatic heterocycles. The van der Waals surface area contributed by atoms with Gasteiger partial charge in [-0.15, -0.1) is 0 Å². The van der Waals surface area contributed by atoms with Crippen molar-refractivity contribution in [3.05, 3.63) is 40.6 Å². The van der Waals surface area contributed by atoms with Gasteiger partial charge in [-0.2, -0.15) is 0 Å².